The topological polar surface area (TPSA) is 69.6 Å². The van der Waals surface area contributed by atoms with Crippen LogP contribution < -0.4 is 5.32 Å². The van der Waals surface area contributed by atoms with Crippen LogP contribution in [-0.4, -0.2) is 41.5 Å². The molecule has 2 aliphatic heterocycles. The third kappa shape index (κ3) is 3.82. The monoisotopic (exact) mass is 334 g/mol. The van der Waals surface area contributed by atoms with Crippen LogP contribution in [0.25, 0.3) is 6.08 Å². The van der Waals surface area contributed by atoms with Crippen molar-refractivity contribution in [3.05, 3.63) is 28.0 Å². The molecular weight excluding hydrogens is 312 g/mol. The molecule has 2 amide bonds. The maximum absolute atomic E-state index is 12.4. The molecule has 124 valence electrons. The van der Waals surface area contributed by atoms with Crippen molar-refractivity contribution in [2.75, 3.05) is 19.6 Å². The van der Waals surface area contributed by atoms with E-state index in [9.17, 15) is 9.59 Å². The Hall–Kier alpha value is -1.66. The SMILES string of the molecule is O=C1CCC2(CCCN(C(=O)/C=C/c3cc(CO)cs3)C2)CN1. The van der Waals surface area contributed by atoms with Crippen LogP contribution in [0.5, 0.6) is 0 Å². The number of nitrogens with one attached hydrogen (secondary N) is 1. The Morgan fingerprint density at radius 3 is 3.04 bits per heavy atom. The van der Waals surface area contributed by atoms with Gasteiger partial charge in [-0.05, 0) is 42.3 Å². The van der Waals surface area contributed by atoms with Crippen molar-refractivity contribution in [1.29, 1.82) is 0 Å². The Balaban J connectivity index is 1.61. The molecule has 6 heteroatoms. The fourth-order valence-corrected chi connectivity index (χ4v) is 4.21. The lowest BCUT2D eigenvalue weighted by molar-refractivity contribution is -0.131. The zero-order valence-corrected chi connectivity index (χ0v) is 13.9. The van der Waals surface area contributed by atoms with E-state index in [2.05, 4.69) is 5.32 Å². The fraction of sp³-hybridized carbons (Fsp3) is 0.529. The average molecular weight is 334 g/mol. The highest BCUT2D eigenvalue weighted by atomic mass is 32.1. The molecule has 5 nitrogen and oxygen atoms in total. The van der Waals surface area contributed by atoms with Crippen LogP contribution in [0.3, 0.4) is 0 Å². The number of amides is 2. The van der Waals surface area contributed by atoms with Crippen LogP contribution in [-0.2, 0) is 16.2 Å². The maximum Gasteiger partial charge on any atom is 0.246 e. The van der Waals surface area contributed by atoms with Crippen LogP contribution in [0, 0.1) is 5.41 Å². The van der Waals surface area contributed by atoms with Gasteiger partial charge < -0.3 is 15.3 Å². The van der Waals surface area contributed by atoms with Gasteiger partial charge >= 0.3 is 0 Å². The molecule has 1 spiro atoms. The summed E-state index contributed by atoms with van der Waals surface area (Å²) in [5.41, 5.74) is 0.930. The van der Waals surface area contributed by atoms with Gasteiger partial charge in [0.15, 0.2) is 0 Å². The van der Waals surface area contributed by atoms with Crippen molar-refractivity contribution < 1.29 is 14.7 Å². The number of hydrogen-bond acceptors (Lipinski definition) is 4. The van der Waals surface area contributed by atoms with Gasteiger partial charge in [-0.1, -0.05) is 0 Å². The Labute approximate surface area is 140 Å². The molecule has 2 aliphatic rings. The Bertz CT molecular complexity index is 613. The first-order valence-corrected chi connectivity index (χ1v) is 8.90. The van der Waals surface area contributed by atoms with E-state index in [-0.39, 0.29) is 23.8 Å². The molecule has 3 rings (SSSR count). The largest absolute Gasteiger partial charge is 0.392 e. The van der Waals surface area contributed by atoms with Crippen LogP contribution in [0.2, 0.25) is 0 Å². The molecule has 1 aromatic heterocycles. The van der Waals surface area contributed by atoms with Crippen molar-refractivity contribution in [2.24, 2.45) is 5.41 Å². The first kappa shape index (κ1) is 16.2. The Kier molecular flexibility index (Phi) is 4.82. The van der Waals surface area contributed by atoms with Crippen LogP contribution in [0.1, 0.15) is 36.1 Å². The number of thiophene rings is 1. The molecule has 1 atom stereocenters. The summed E-state index contributed by atoms with van der Waals surface area (Å²) in [5, 5.41) is 13.9. The number of aliphatic hydroxyl groups is 1. The molecule has 0 bridgehead atoms. The van der Waals surface area contributed by atoms with Gasteiger partial charge in [0.2, 0.25) is 11.8 Å². The van der Waals surface area contributed by atoms with E-state index in [1.165, 1.54) is 11.3 Å². The Morgan fingerprint density at radius 2 is 2.35 bits per heavy atom. The van der Waals surface area contributed by atoms with Gasteiger partial charge in [0.25, 0.3) is 0 Å². The van der Waals surface area contributed by atoms with Gasteiger partial charge in [-0.2, -0.15) is 0 Å². The van der Waals surface area contributed by atoms with Crippen molar-refractivity contribution >= 4 is 29.2 Å². The van der Waals surface area contributed by atoms with Crippen LogP contribution in [0.4, 0.5) is 0 Å². The summed E-state index contributed by atoms with van der Waals surface area (Å²) < 4.78 is 0. The smallest absolute Gasteiger partial charge is 0.246 e. The predicted molar refractivity (Wildman–Crippen MR) is 89.8 cm³/mol. The molecule has 0 aliphatic carbocycles. The molecule has 2 fully saturated rings. The van der Waals surface area contributed by atoms with E-state index in [4.69, 9.17) is 5.11 Å². The van der Waals surface area contributed by atoms with E-state index < -0.39 is 0 Å². The molecule has 1 aromatic rings. The zero-order chi connectivity index (χ0) is 16.3. The number of likely N-dealkylation sites (tertiary alicyclic amines) is 1. The summed E-state index contributed by atoms with van der Waals surface area (Å²) in [4.78, 5) is 26.7. The zero-order valence-electron chi connectivity index (χ0n) is 13.1. The van der Waals surface area contributed by atoms with Gasteiger partial charge in [0, 0.05) is 42.4 Å². The molecule has 0 radical (unpaired) electrons. The van der Waals surface area contributed by atoms with Gasteiger partial charge in [-0.25, -0.2) is 0 Å². The van der Waals surface area contributed by atoms with Crippen molar-refractivity contribution in [3.8, 4) is 0 Å². The minimum atomic E-state index is 0.0264. The molecule has 2 N–H and O–H groups in total. The highest BCUT2D eigenvalue weighted by molar-refractivity contribution is 7.11. The van der Waals surface area contributed by atoms with Gasteiger partial charge in [-0.3, -0.25) is 9.59 Å². The van der Waals surface area contributed by atoms with Gasteiger partial charge in [0.1, 0.15) is 0 Å². The molecule has 0 saturated carbocycles. The second kappa shape index (κ2) is 6.84. The number of carbonyl (C=O) groups is 2. The lowest BCUT2D eigenvalue weighted by Gasteiger charge is -2.44. The molecule has 0 aromatic carbocycles. The minimum absolute atomic E-state index is 0.0264. The number of nitrogens with zero attached hydrogens (tertiary/aromatic N) is 1. The predicted octanol–water partition coefficient (Wildman–Crippen LogP) is 1.77. The van der Waals surface area contributed by atoms with Crippen molar-refractivity contribution in [2.45, 2.75) is 32.3 Å². The number of hydrogen-bond donors (Lipinski definition) is 2. The number of carbonyl (C=O) groups excluding carboxylic acids is 2. The first-order valence-electron chi connectivity index (χ1n) is 8.02. The standard InChI is InChI=1S/C17H22N2O3S/c20-9-13-8-14(23-10-13)2-3-16(22)19-7-1-5-17(12-19)6-4-15(21)18-11-17/h2-3,8,10,20H,1,4-7,9,11-12H2,(H,18,21)/b3-2+. The van der Waals surface area contributed by atoms with E-state index in [1.807, 2.05) is 22.4 Å². The Morgan fingerprint density at radius 1 is 1.48 bits per heavy atom. The number of rotatable bonds is 3. The lowest BCUT2D eigenvalue weighted by Crippen LogP contribution is -2.53. The van der Waals surface area contributed by atoms with E-state index in [0.29, 0.717) is 13.0 Å². The number of piperidine rings is 2. The van der Waals surface area contributed by atoms with Crippen LogP contribution in [0.15, 0.2) is 17.5 Å². The van der Waals surface area contributed by atoms with Crippen LogP contribution >= 0.6 is 11.3 Å². The first-order chi connectivity index (χ1) is 11.1. The van der Waals surface area contributed by atoms with E-state index in [1.54, 1.807) is 6.08 Å². The summed E-state index contributed by atoms with van der Waals surface area (Å²) >= 11 is 1.52. The third-order valence-corrected chi connectivity index (χ3v) is 5.71. The van der Waals surface area contributed by atoms with Gasteiger partial charge in [0.05, 0.1) is 6.61 Å². The third-order valence-electron chi connectivity index (χ3n) is 4.76. The molecular formula is C17H22N2O3S. The summed E-state index contributed by atoms with van der Waals surface area (Å²) in [6, 6.07) is 1.89. The van der Waals surface area contributed by atoms with Gasteiger partial charge in [-0.15, -0.1) is 11.3 Å². The average Bonchev–Trinajstić information content (AvgIpc) is 3.04. The van der Waals surface area contributed by atoms with E-state index >= 15 is 0 Å². The molecule has 1 unspecified atom stereocenters. The highest BCUT2D eigenvalue weighted by Gasteiger charge is 2.39. The van der Waals surface area contributed by atoms with E-state index in [0.717, 1.165) is 42.8 Å². The lowest BCUT2D eigenvalue weighted by atomic mass is 9.74. The number of aliphatic hydroxyl groups excluding tert-OH is 1. The minimum Gasteiger partial charge on any atom is -0.392 e. The second-order valence-electron chi connectivity index (χ2n) is 6.49. The summed E-state index contributed by atoms with van der Waals surface area (Å²) in [5.74, 6) is 0.149. The maximum atomic E-state index is 12.4. The molecule has 23 heavy (non-hydrogen) atoms. The normalized spacial score (nSPS) is 25.1. The van der Waals surface area contributed by atoms with Crippen molar-refractivity contribution in [3.63, 3.8) is 0 Å². The summed E-state index contributed by atoms with van der Waals surface area (Å²) in [6.45, 7) is 2.22. The summed E-state index contributed by atoms with van der Waals surface area (Å²) in [7, 11) is 0. The van der Waals surface area contributed by atoms with Crippen molar-refractivity contribution in [1.82, 2.24) is 10.2 Å². The highest BCUT2D eigenvalue weighted by Crippen LogP contribution is 2.36. The molecule has 3 heterocycles. The molecule has 2 saturated heterocycles. The summed E-state index contributed by atoms with van der Waals surface area (Å²) in [6.07, 6.45) is 6.94. The second-order valence-corrected chi connectivity index (χ2v) is 7.43. The fourth-order valence-electron chi connectivity index (χ4n) is 3.41. The quantitative estimate of drug-likeness (QED) is 0.828.